The minimum atomic E-state index is -1.48. The zero-order chi connectivity index (χ0) is 23.5. The molecule has 0 spiro atoms. The van der Waals surface area contributed by atoms with Gasteiger partial charge < -0.3 is 9.47 Å². The zero-order valence-corrected chi connectivity index (χ0v) is 18.0. The second kappa shape index (κ2) is 11.2. The molecule has 0 amide bonds. The standard InChI is InChI=1S/C27H22N2O4/c1-32-25(30)13-8-18-33-26(31)27(23-9-4-2-5-10-23,24-11-6-3-7-12-24)29-20-22-16-14-21(19-28)15-17-22/h2-17,20H,18H2,1H3/b13-8+,29-20?. The molecule has 0 aliphatic rings. The number of rotatable bonds is 8. The summed E-state index contributed by atoms with van der Waals surface area (Å²) in [5.74, 6) is -1.14. The second-order valence-electron chi connectivity index (χ2n) is 6.96. The molecule has 0 saturated carbocycles. The minimum absolute atomic E-state index is 0.123. The lowest BCUT2D eigenvalue weighted by atomic mass is 9.83. The number of ether oxygens (including phenoxy) is 2. The van der Waals surface area contributed by atoms with Crippen molar-refractivity contribution in [3.8, 4) is 6.07 Å². The Morgan fingerprint density at radius 1 is 0.939 bits per heavy atom. The molecule has 0 atom stereocenters. The third kappa shape index (κ3) is 5.60. The molecule has 3 aromatic rings. The lowest BCUT2D eigenvalue weighted by Gasteiger charge is -2.28. The number of nitriles is 1. The fraction of sp³-hybridized carbons (Fsp3) is 0.111. The van der Waals surface area contributed by atoms with Gasteiger partial charge in [0.15, 0.2) is 0 Å². The van der Waals surface area contributed by atoms with Crippen molar-refractivity contribution in [2.45, 2.75) is 5.54 Å². The fourth-order valence-electron chi connectivity index (χ4n) is 3.22. The number of carbonyl (C=O) groups excluding carboxylic acids is 2. The topological polar surface area (TPSA) is 88.8 Å². The van der Waals surface area contributed by atoms with Crippen LogP contribution in [0.4, 0.5) is 0 Å². The number of esters is 2. The maximum absolute atomic E-state index is 13.6. The van der Waals surface area contributed by atoms with Gasteiger partial charge in [-0.1, -0.05) is 72.8 Å². The van der Waals surface area contributed by atoms with Crippen LogP contribution >= 0.6 is 0 Å². The maximum Gasteiger partial charge on any atom is 0.343 e. The molecule has 0 fully saturated rings. The molecule has 3 rings (SSSR count). The highest BCUT2D eigenvalue weighted by Crippen LogP contribution is 2.35. The molecule has 0 heterocycles. The first-order valence-electron chi connectivity index (χ1n) is 10.2. The van der Waals surface area contributed by atoms with E-state index in [1.807, 2.05) is 60.7 Å². The van der Waals surface area contributed by atoms with Gasteiger partial charge in [0.25, 0.3) is 0 Å². The van der Waals surface area contributed by atoms with Crippen LogP contribution in [0.25, 0.3) is 0 Å². The summed E-state index contributed by atoms with van der Waals surface area (Å²) in [5, 5.41) is 9.03. The van der Waals surface area contributed by atoms with Crippen LogP contribution in [0.3, 0.4) is 0 Å². The smallest absolute Gasteiger partial charge is 0.343 e. The number of benzene rings is 3. The number of methoxy groups -OCH3 is 1. The predicted octanol–water partition coefficient (Wildman–Crippen LogP) is 4.19. The average Bonchev–Trinajstić information content (AvgIpc) is 2.88. The van der Waals surface area contributed by atoms with E-state index in [1.165, 1.54) is 19.3 Å². The highest BCUT2D eigenvalue weighted by Gasteiger charge is 2.43. The monoisotopic (exact) mass is 438 g/mol. The van der Waals surface area contributed by atoms with Gasteiger partial charge in [0.2, 0.25) is 5.54 Å². The van der Waals surface area contributed by atoms with Crippen molar-refractivity contribution in [3.05, 3.63) is 119 Å². The zero-order valence-electron chi connectivity index (χ0n) is 18.0. The third-order valence-electron chi connectivity index (χ3n) is 4.89. The lowest BCUT2D eigenvalue weighted by Crippen LogP contribution is -2.37. The first kappa shape index (κ1) is 23.2. The van der Waals surface area contributed by atoms with E-state index in [1.54, 1.807) is 30.5 Å². The Morgan fingerprint density at radius 2 is 1.52 bits per heavy atom. The third-order valence-corrected chi connectivity index (χ3v) is 4.89. The summed E-state index contributed by atoms with van der Waals surface area (Å²) in [6.07, 6.45) is 4.20. The number of hydrogen-bond acceptors (Lipinski definition) is 6. The Morgan fingerprint density at radius 3 is 2.03 bits per heavy atom. The van der Waals surface area contributed by atoms with Crippen LogP contribution < -0.4 is 0 Å². The van der Waals surface area contributed by atoms with Gasteiger partial charge in [0, 0.05) is 12.3 Å². The van der Waals surface area contributed by atoms with Crippen molar-refractivity contribution in [1.82, 2.24) is 0 Å². The van der Waals surface area contributed by atoms with Crippen molar-refractivity contribution in [2.75, 3.05) is 13.7 Å². The van der Waals surface area contributed by atoms with Crippen LogP contribution in [0.15, 0.2) is 102 Å². The van der Waals surface area contributed by atoms with E-state index >= 15 is 0 Å². The molecule has 6 nitrogen and oxygen atoms in total. The van der Waals surface area contributed by atoms with Crippen molar-refractivity contribution < 1.29 is 19.1 Å². The van der Waals surface area contributed by atoms with Gasteiger partial charge in [-0.15, -0.1) is 0 Å². The Balaban J connectivity index is 2.07. The van der Waals surface area contributed by atoms with E-state index in [4.69, 9.17) is 15.0 Å². The predicted molar refractivity (Wildman–Crippen MR) is 125 cm³/mol. The van der Waals surface area contributed by atoms with Crippen molar-refractivity contribution in [1.29, 1.82) is 5.26 Å². The molecule has 0 aliphatic carbocycles. The number of carbonyl (C=O) groups is 2. The first-order valence-corrected chi connectivity index (χ1v) is 10.2. The SMILES string of the molecule is COC(=O)/C=C/COC(=O)C(N=Cc1ccc(C#N)cc1)(c1ccccc1)c1ccccc1. The summed E-state index contributed by atoms with van der Waals surface area (Å²) in [5.41, 5.74) is 1.03. The minimum Gasteiger partial charge on any atom is -0.466 e. The van der Waals surface area contributed by atoms with Crippen LogP contribution in [-0.4, -0.2) is 31.9 Å². The van der Waals surface area contributed by atoms with Gasteiger partial charge in [0.05, 0.1) is 18.7 Å². The fourth-order valence-corrected chi connectivity index (χ4v) is 3.22. The number of aliphatic imine (C=N–C) groups is 1. The molecule has 0 radical (unpaired) electrons. The summed E-state index contributed by atoms with van der Waals surface area (Å²) in [6.45, 7) is -0.123. The molecule has 164 valence electrons. The average molecular weight is 438 g/mol. The van der Waals surface area contributed by atoms with Gasteiger partial charge in [-0.25, -0.2) is 9.59 Å². The largest absolute Gasteiger partial charge is 0.466 e. The Kier molecular flexibility index (Phi) is 7.87. The van der Waals surface area contributed by atoms with Gasteiger partial charge in [0.1, 0.15) is 6.61 Å². The van der Waals surface area contributed by atoms with Gasteiger partial charge in [-0.3, -0.25) is 4.99 Å². The summed E-state index contributed by atoms with van der Waals surface area (Å²) in [7, 11) is 1.27. The molecule has 0 bridgehead atoms. The van der Waals surface area contributed by atoms with E-state index < -0.39 is 17.5 Å². The van der Waals surface area contributed by atoms with E-state index in [9.17, 15) is 9.59 Å². The number of nitrogens with zero attached hydrogens (tertiary/aromatic N) is 2. The molecular weight excluding hydrogens is 416 g/mol. The van der Waals surface area contributed by atoms with Gasteiger partial charge >= 0.3 is 11.9 Å². The van der Waals surface area contributed by atoms with Crippen LogP contribution in [0.1, 0.15) is 22.3 Å². The van der Waals surface area contributed by atoms with E-state index in [0.717, 1.165) is 5.56 Å². The summed E-state index contributed by atoms with van der Waals surface area (Å²) in [4.78, 5) is 29.6. The second-order valence-corrected chi connectivity index (χ2v) is 6.96. The molecular formula is C27H22N2O4. The molecule has 0 unspecified atom stereocenters. The molecule has 0 N–H and O–H groups in total. The van der Waals surface area contributed by atoms with Crippen LogP contribution in [0.2, 0.25) is 0 Å². The van der Waals surface area contributed by atoms with Crippen LogP contribution in [0, 0.1) is 11.3 Å². The molecule has 3 aromatic carbocycles. The maximum atomic E-state index is 13.6. The van der Waals surface area contributed by atoms with Crippen LogP contribution in [0.5, 0.6) is 0 Å². The van der Waals surface area contributed by atoms with Crippen molar-refractivity contribution in [3.63, 3.8) is 0 Å². The lowest BCUT2D eigenvalue weighted by molar-refractivity contribution is -0.147. The Labute approximate surface area is 192 Å². The van der Waals surface area contributed by atoms with E-state index in [2.05, 4.69) is 10.8 Å². The summed E-state index contributed by atoms with van der Waals surface area (Å²) >= 11 is 0. The molecule has 33 heavy (non-hydrogen) atoms. The van der Waals surface area contributed by atoms with Gasteiger partial charge in [-0.2, -0.15) is 5.26 Å². The highest BCUT2D eigenvalue weighted by molar-refractivity contribution is 5.91. The Bertz CT molecular complexity index is 1140. The van der Waals surface area contributed by atoms with Crippen molar-refractivity contribution in [2.24, 2.45) is 4.99 Å². The summed E-state index contributed by atoms with van der Waals surface area (Å²) in [6, 6.07) is 27.2. The van der Waals surface area contributed by atoms with Gasteiger partial charge in [-0.05, 0) is 34.9 Å². The van der Waals surface area contributed by atoms with E-state index in [0.29, 0.717) is 16.7 Å². The molecule has 0 aliphatic heterocycles. The highest BCUT2D eigenvalue weighted by atomic mass is 16.5. The Hall–Kier alpha value is -4.50. The quantitative estimate of drug-likeness (QED) is 0.299. The molecule has 6 heteroatoms. The van der Waals surface area contributed by atoms with E-state index in [-0.39, 0.29) is 6.61 Å². The summed E-state index contributed by atoms with van der Waals surface area (Å²) < 4.78 is 10.1. The van der Waals surface area contributed by atoms with Crippen molar-refractivity contribution >= 4 is 18.2 Å². The first-order chi connectivity index (χ1) is 16.1. The van der Waals surface area contributed by atoms with Crippen LogP contribution in [-0.2, 0) is 24.6 Å². The molecule has 0 aromatic heterocycles. The number of hydrogen-bond donors (Lipinski definition) is 0. The molecule has 0 saturated heterocycles. The normalized spacial score (nSPS) is 11.3.